The molecule has 0 unspecified atom stereocenters. The summed E-state index contributed by atoms with van der Waals surface area (Å²) in [5.41, 5.74) is 0.255. The lowest BCUT2D eigenvalue weighted by atomic mass is 10.2. The van der Waals surface area contributed by atoms with Crippen LogP contribution in [0.3, 0.4) is 0 Å². The fourth-order valence-corrected chi connectivity index (χ4v) is 2.27. The second-order valence-electron chi connectivity index (χ2n) is 4.70. The number of ether oxygens (including phenoxy) is 1. The molecule has 0 heterocycles. The molecule has 0 radical (unpaired) electrons. The maximum absolute atomic E-state index is 13.4. The van der Waals surface area contributed by atoms with Crippen LogP contribution in [0.2, 0.25) is 0 Å². The minimum absolute atomic E-state index is 0.312. The largest absolute Gasteiger partial charge is 0.478 e. The Labute approximate surface area is 111 Å². The van der Waals surface area contributed by atoms with E-state index in [1.165, 1.54) is 25.0 Å². The predicted molar refractivity (Wildman–Crippen MR) is 70.1 cm³/mol. The topological polar surface area (TPSA) is 58.6 Å². The van der Waals surface area contributed by atoms with Gasteiger partial charge in [-0.25, -0.2) is 9.18 Å². The Kier molecular flexibility index (Phi) is 4.74. The highest BCUT2D eigenvalue weighted by Crippen LogP contribution is 2.20. The highest BCUT2D eigenvalue weighted by Gasteiger charge is 2.14. The lowest BCUT2D eigenvalue weighted by Crippen LogP contribution is -2.15. The molecule has 19 heavy (non-hydrogen) atoms. The molecular weight excluding hydrogens is 249 g/mol. The van der Waals surface area contributed by atoms with Crippen molar-refractivity contribution >= 4 is 11.7 Å². The van der Waals surface area contributed by atoms with Gasteiger partial charge in [0, 0.05) is 12.2 Å². The van der Waals surface area contributed by atoms with Crippen molar-refractivity contribution in [1.82, 2.24) is 0 Å². The van der Waals surface area contributed by atoms with Gasteiger partial charge in [0.15, 0.2) is 0 Å². The molecule has 0 aromatic heterocycles. The summed E-state index contributed by atoms with van der Waals surface area (Å²) in [5, 5.41) is 11.7. The Bertz CT molecular complexity index is 444. The SMILES string of the molecule is O=C(O)c1ccc(NCCOC2CCCC2)cc1F. The molecule has 5 heteroatoms. The van der Waals surface area contributed by atoms with Crippen LogP contribution >= 0.6 is 0 Å². The Morgan fingerprint density at radius 3 is 2.79 bits per heavy atom. The number of hydrogen-bond donors (Lipinski definition) is 2. The zero-order valence-electron chi connectivity index (χ0n) is 10.7. The number of halogens is 1. The van der Waals surface area contributed by atoms with Crippen LogP contribution in [0, 0.1) is 5.82 Å². The second kappa shape index (κ2) is 6.52. The third-order valence-electron chi connectivity index (χ3n) is 3.29. The predicted octanol–water partition coefficient (Wildman–Crippen LogP) is 2.90. The van der Waals surface area contributed by atoms with E-state index in [9.17, 15) is 9.18 Å². The molecule has 0 aliphatic heterocycles. The second-order valence-corrected chi connectivity index (χ2v) is 4.70. The zero-order valence-corrected chi connectivity index (χ0v) is 10.7. The van der Waals surface area contributed by atoms with Gasteiger partial charge in [0.2, 0.25) is 0 Å². The van der Waals surface area contributed by atoms with Gasteiger partial charge in [0.25, 0.3) is 0 Å². The summed E-state index contributed by atoms with van der Waals surface area (Å²) in [6.45, 7) is 1.16. The first-order valence-corrected chi connectivity index (χ1v) is 6.55. The number of rotatable bonds is 6. The van der Waals surface area contributed by atoms with Gasteiger partial charge in [-0.05, 0) is 31.0 Å². The van der Waals surface area contributed by atoms with Crippen molar-refractivity contribution in [1.29, 1.82) is 0 Å². The summed E-state index contributed by atoms with van der Waals surface area (Å²) >= 11 is 0. The molecule has 0 atom stereocenters. The van der Waals surface area contributed by atoms with E-state index in [1.54, 1.807) is 6.07 Å². The first-order chi connectivity index (χ1) is 9.16. The van der Waals surface area contributed by atoms with E-state index >= 15 is 0 Å². The molecule has 0 bridgehead atoms. The van der Waals surface area contributed by atoms with Gasteiger partial charge in [-0.15, -0.1) is 0 Å². The lowest BCUT2D eigenvalue weighted by Gasteiger charge is -2.12. The fourth-order valence-electron chi connectivity index (χ4n) is 2.27. The highest BCUT2D eigenvalue weighted by molar-refractivity contribution is 5.88. The minimum atomic E-state index is -1.26. The number of carboxylic acids is 1. The van der Waals surface area contributed by atoms with Crippen molar-refractivity contribution in [2.24, 2.45) is 0 Å². The van der Waals surface area contributed by atoms with Crippen LogP contribution in [0.4, 0.5) is 10.1 Å². The van der Waals surface area contributed by atoms with Crippen LogP contribution in [0.15, 0.2) is 18.2 Å². The molecule has 1 fully saturated rings. The number of carboxylic acid groups (broad SMARTS) is 1. The summed E-state index contributed by atoms with van der Waals surface area (Å²) in [5.74, 6) is -1.98. The summed E-state index contributed by atoms with van der Waals surface area (Å²) in [6, 6.07) is 4.01. The van der Waals surface area contributed by atoms with Crippen molar-refractivity contribution in [3.05, 3.63) is 29.6 Å². The molecule has 1 saturated carbocycles. The first kappa shape index (κ1) is 13.8. The van der Waals surface area contributed by atoms with Crippen molar-refractivity contribution in [3.8, 4) is 0 Å². The van der Waals surface area contributed by atoms with Crippen LogP contribution < -0.4 is 5.32 Å². The minimum Gasteiger partial charge on any atom is -0.478 e. The highest BCUT2D eigenvalue weighted by atomic mass is 19.1. The number of hydrogen-bond acceptors (Lipinski definition) is 3. The molecular formula is C14H18FNO3. The van der Waals surface area contributed by atoms with Crippen molar-refractivity contribution in [2.75, 3.05) is 18.5 Å². The summed E-state index contributed by atoms with van der Waals surface area (Å²) in [7, 11) is 0. The van der Waals surface area contributed by atoms with Gasteiger partial charge >= 0.3 is 5.97 Å². The van der Waals surface area contributed by atoms with E-state index in [-0.39, 0.29) is 5.56 Å². The lowest BCUT2D eigenvalue weighted by molar-refractivity contribution is 0.0658. The normalized spacial score (nSPS) is 15.6. The third-order valence-corrected chi connectivity index (χ3v) is 3.29. The molecule has 2 rings (SSSR count). The Hall–Kier alpha value is -1.62. The molecule has 2 N–H and O–H groups in total. The monoisotopic (exact) mass is 267 g/mol. The van der Waals surface area contributed by atoms with E-state index in [1.807, 2.05) is 0 Å². The molecule has 0 amide bonds. The average molecular weight is 267 g/mol. The van der Waals surface area contributed by atoms with Crippen LogP contribution in [0.25, 0.3) is 0 Å². The Balaban J connectivity index is 1.76. The summed E-state index contributed by atoms with van der Waals surface area (Å²) in [4.78, 5) is 10.7. The first-order valence-electron chi connectivity index (χ1n) is 6.55. The Morgan fingerprint density at radius 1 is 1.42 bits per heavy atom. The molecule has 104 valence electrons. The third kappa shape index (κ3) is 3.92. The van der Waals surface area contributed by atoms with Crippen LogP contribution in [-0.4, -0.2) is 30.3 Å². The maximum atomic E-state index is 13.4. The van der Waals surface area contributed by atoms with Gasteiger partial charge in [0.1, 0.15) is 5.82 Å². The standard InChI is InChI=1S/C14H18FNO3/c15-13-9-10(5-6-12(13)14(17)18)16-7-8-19-11-3-1-2-4-11/h5-6,9,11,16H,1-4,7-8H2,(H,17,18). The van der Waals surface area contributed by atoms with Gasteiger partial charge in [-0.3, -0.25) is 0 Å². The van der Waals surface area contributed by atoms with Gasteiger partial charge in [-0.2, -0.15) is 0 Å². The Morgan fingerprint density at radius 2 is 2.16 bits per heavy atom. The maximum Gasteiger partial charge on any atom is 0.338 e. The molecule has 4 nitrogen and oxygen atoms in total. The van der Waals surface area contributed by atoms with E-state index in [4.69, 9.17) is 9.84 Å². The van der Waals surface area contributed by atoms with E-state index in [0.717, 1.165) is 12.8 Å². The quantitative estimate of drug-likeness (QED) is 0.778. The van der Waals surface area contributed by atoms with E-state index in [0.29, 0.717) is 24.9 Å². The van der Waals surface area contributed by atoms with Gasteiger partial charge in [-0.1, -0.05) is 12.8 Å². The van der Waals surface area contributed by atoms with Crippen LogP contribution in [0.1, 0.15) is 36.0 Å². The summed E-state index contributed by atoms with van der Waals surface area (Å²) in [6.07, 6.45) is 5.09. The number of aromatic carboxylic acids is 1. The average Bonchev–Trinajstić information content (AvgIpc) is 2.87. The molecule has 0 saturated heterocycles. The molecule has 1 aromatic rings. The van der Waals surface area contributed by atoms with E-state index in [2.05, 4.69) is 5.32 Å². The number of anilines is 1. The molecule has 1 aromatic carbocycles. The van der Waals surface area contributed by atoms with Crippen molar-refractivity contribution < 1.29 is 19.0 Å². The van der Waals surface area contributed by atoms with Crippen molar-refractivity contribution in [2.45, 2.75) is 31.8 Å². The van der Waals surface area contributed by atoms with Gasteiger partial charge < -0.3 is 15.2 Å². The molecule has 0 spiro atoms. The zero-order chi connectivity index (χ0) is 13.7. The van der Waals surface area contributed by atoms with Crippen LogP contribution in [-0.2, 0) is 4.74 Å². The van der Waals surface area contributed by atoms with E-state index < -0.39 is 11.8 Å². The van der Waals surface area contributed by atoms with Crippen molar-refractivity contribution in [3.63, 3.8) is 0 Å². The molecule has 1 aliphatic rings. The fraction of sp³-hybridized carbons (Fsp3) is 0.500. The smallest absolute Gasteiger partial charge is 0.338 e. The van der Waals surface area contributed by atoms with Gasteiger partial charge in [0.05, 0.1) is 18.3 Å². The number of benzene rings is 1. The number of carbonyl (C=O) groups is 1. The molecule has 1 aliphatic carbocycles. The van der Waals surface area contributed by atoms with Crippen LogP contribution in [0.5, 0.6) is 0 Å². The number of nitrogens with one attached hydrogen (secondary N) is 1. The summed E-state index contributed by atoms with van der Waals surface area (Å²) < 4.78 is 19.1.